The highest BCUT2D eigenvalue weighted by atomic mass is 16.1. The Balaban J connectivity index is 2.04. The highest BCUT2D eigenvalue weighted by molar-refractivity contribution is 5.99. The SMILES string of the molecule is CCn1c(C)cc(C(=O)CN2CCCC(C)CC2)c1C. The van der Waals surface area contributed by atoms with Crippen LogP contribution < -0.4 is 0 Å². The minimum Gasteiger partial charge on any atom is -0.349 e. The van der Waals surface area contributed by atoms with Crippen molar-refractivity contribution in [1.29, 1.82) is 0 Å². The predicted octanol–water partition coefficient (Wildman–Crippen LogP) is 3.43. The molecule has 0 N–H and O–H groups in total. The van der Waals surface area contributed by atoms with E-state index in [1.807, 2.05) is 0 Å². The number of aryl methyl sites for hydroxylation is 1. The molecule has 1 aromatic heterocycles. The third kappa shape index (κ3) is 3.32. The summed E-state index contributed by atoms with van der Waals surface area (Å²) in [5.41, 5.74) is 3.23. The summed E-state index contributed by atoms with van der Waals surface area (Å²) in [6.45, 7) is 12.3. The zero-order valence-corrected chi connectivity index (χ0v) is 13.4. The van der Waals surface area contributed by atoms with Gasteiger partial charge in [0.1, 0.15) is 0 Å². The van der Waals surface area contributed by atoms with E-state index in [2.05, 4.69) is 43.2 Å². The second kappa shape index (κ2) is 6.57. The van der Waals surface area contributed by atoms with Crippen LogP contribution in [0.4, 0.5) is 0 Å². The van der Waals surface area contributed by atoms with Crippen LogP contribution in [-0.4, -0.2) is 34.9 Å². The van der Waals surface area contributed by atoms with Crippen LogP contribution in [0.3, 0.4) is 0 Å². The summed E-state index contributed by atoms with van der Waals surface area (Å²) >= 11 is 0. The van der Waals surface area contributed by atoms with Gasteiger partial charge in [-0.2, -0.15) is 0 Å². The second-order valence-electron chi connectivity index (χ2n) is 6.26. The van der Waals surface area contributed by atoms with Crippen LogP contribution in [0.1, 0.15) is 54.9 Å². The van der Waals surface area contributed by atoms with Gasteiger partial charge in [-0.05, 0) is 65.1 Å². The van der Waals surface area contributed by atoms with Gasteiger partial charge in [0.2, 0.25) is 0 Å². The Morgan fingerprint density at radius 3 is 2.70 bits per heavy atom. The van der Waals surface area contributed by atoms with Crippen LogP contribution in [0.2, 0.25) is 0 Å². The van der Waals surface area contributed by atoms with Crippen molar-refractivity contribution in [2.45, 2.75) is 53.5 Å². The van der Waals surface area contributed by atoms with E-state index in [0.717, 1.165) is 36.8 Å². The average molecular weight is 276 g/mol. The van der Waals surface area contributed by atoms with E-state index < -0.39 is 0 Å². The molecule has 0 aliphatic carbocycles. The molecule has 0 amide bonds. The maximum atomic E-state index is 12.6. The number of rotatable bonds is 4. The molecule has 1 saturated heterocycles. The van der Waals surface area contributed by atoms with Crippen molar-refractivity contribution in [3.63, 3.8) is 0 Å². The lowest BCUT2D eigenvalue weighted by Crippen LogP contribution is -2.31. The fourth-order valence-corrected chi connectivity index (χ4v) is 3.34. The molecule has 2 rings (SSSR count). The molecule has 20 heavy (non-hydrogen) atoms. The third-order valence-electron chi connectivity index (χ3n) is 4.67. The molecule has 3 heteroatoms. The van der Waals surface area contributed by atoms with Gasteiger partial charge in [0.15, 0.2) is 5.78 Å². The summed E-state index contributed by atoms with van der Waals surface area (Å²) in [5, 5.41) is 0. The Bertz CT molecular complexity index is 476. The Labute approximate surface area is 123 Å². The topological polar surface area (TPSA) is 25.2 Å². The molecule has 0 radical (unpaired) electrons. The standard InChI is InChI=1S/C17H28N2O/c1-5-19-14(3)11-16(15(19)4)17(20)12-18-9-6-7-13(2)8-10-18/h11,13H,5-10,12H2,1-4H3. The van der Waals surface area contributed by atoms with Crippen molar-refractivity contribution in [3.05, 3.63) is 23.0 Å². The van der Waals surface area contributed by atoms with Crippen molar-refractivity contribution >= 4 is 5.78 Å². The minimum atomic E-state index is 0.285. The van der Waals surface area contributed by atoms with Gasteiger partial charge in [0, 0.05) is 23.5 Å². The number of likely N-dealkylation sites (tertiary alicyclic amines) is 1. The van der Waals surface area contributed by atoms with Gasteiger partial charge in [-0.1, -0.05) is 6.92 Å². The van der Waals surface area contributed by atoms with E-state index in [1.54, 1.807) is 0 Å². The van der Waals surface area contributed by atoms with Crippen molar-refractivity contribution in [2.75, 3.05) is 19.6 Å². The van der Waals surface area contributed by atoms with E-state index in [9.17, 15) is 4.79 Å². The summed E-state index contributed by atoms with van der Waals surface area (Å²) in [5.74, 6) is 1.09. The molecule has 0 saturated carbocycles. The van der Waals surface area contributed by atoms with Crippen molar-refractivity contribution in [2.24, 2.45) is 5.92 Å². The van der Waals surface area contributed by atoms with Gasteiger partial charge in [-0.3, -0.25) is 9.69 Å². The quantitative estimate of drug-likeness (QED) is 0.787. The first-order valence-corrected chi connectivity index (χ1v) is 7.95. The van der Waals surface area contributed by atoms with Crippen molar-refractivity contribution in [1.82, 2.24) is 9.47 Å². The number of carbonyl (C=O) groups is 1. The highest BCUT2D eigenvalue weighted by Crippen LogP contribution is 2.19. The molecule has 0 aromatic carbocycles. The number of carbonyl (C=O) groups excluding carboxylic acids is 1. The predicted molar refractivity (Wildman–Crippen MR) is 83.4 cm³/mol. The summed E-state index contributed by atoms with van der Waals surface area (Å²) < 4.78 is 2.22. The summed E-state index contributed by atoms with van der Waals surface area (Å²) in [6.07, 6.45) is 3.75. The largest absolute Gasteiger partial charge is 0.349 e. The number of hydrogen-bond acceptors (Lipinski definition) is 2. The fourth-order valence-electron chi connectivity index (χ4n) is 3.34. The molecule has 112 valence electrons. The van der Waals surface area contributed by atoms with E-state index in [-0.39, 0.29) is 5.78 Å². The molecule has 1 unspecified atom stereocenters. The van der Waals surface area contributed by atoms with Gasteiger partial charge < -0.3 is 4.57 Å². The molecule has 0 bridgehead atoms. The molecule has 0 spiro atoms. The van der Waals surface area contributed by atoms with Crippen LogP contribution in [0.15, 0.2) is 6.07 Å². The maximum absolute atomic E-state index is 12.6. The average Bonchev–Trinajstić information content (AvgIpc) is 2.56. The summed E-state index contributed by atoms with van der Waals surface area (Å²) in [7, 11) is 0. The second-order valence-corrected chi connectivity index (χ2v) is 6.26. The molecule has 1 aliphatic rings. The molecule has 3 nitrogen and oxygen atoms in total. The fraction of sp³-hybridized carbons (Fsp3) is 0.706. The Morgan fingerprint density at radius 2 is 2.05 bits per heavy atom. The van der Waals surface area contributed by atoms with Crippen LogP contribution in [0.5, 0.6) is 0 Å². The van der Waals surface area contributed by atoms with Gasteiger partial charge >= 0.3 is 0 Å². The Kier molecular flexibility index (Phi) is 5.03. The molecule has 1 fully saturated rings. The van der Waals surface area contributed by atoms with E-state index >= 15 is 0 Å². The number of nitrogens with zero attached hydrogens (tertiary/aromatic N) is 2. The minimum absolute atomic E-state index is 0.285. The smallest absolute Gasteiger partial charge is 0.178 e. The zero-order chi connectivity index (χ0) is 14.7. The molecular formula is C17H28N2O. The lowest BCUT2D eigenvalue weighted by Gasteiger charge is -2.19. The number of ketones is 1. The molecule has 1 aliphatic heterocycles. The van der Waals surface area contributed by atoms with E-state index in [1.165, 1.54) is 25.0 Å². The number of Topliss-reactive ketones (excluding diaryl/α,β-unsaturated/α-hetero) is 1. The first-order valence-electron chi connectivity index (χ1n) is 7.95. The molecular weight excluding hydrogens is 248 g/mol. The van der Waals surface area contributed by atoms with E-state index in [4.69, 9.17) is 0 Å². The normalized spacial score (nSPS) is 20.9. The highest BCUT2D eigenvalue weighted by Gasteiger charge is 2.20. The number of aromatic nitrogens is 1. The van der Waals surface area contributed by atoms with Gasteiger partial charge in [-0.25, -0.2) is 0 Å². The van der Waals surface area contributed by atoms with Gasteiger partial charge in [0.05, 0.1) is 6.54 Å². The lowest BCUT2D eigenvalue weighted by molar-refractivity contribution is 0.0931. The molecule has 1 atom stereocenters. The maximum Gasteiger partial charge on any atom is 0.178 e. The van der Waals surface area contributed by atoms with E-state index in [0.29, 0.717) is 6.54 Å². The first kappa shape index (κ1) is 15.3. The Morgan fingerprint density at radius 1 is 1.30 bits per heavy atom. The van der Waals surface area contributed by atoms with Crippen LogP contribution in [0.25, 0.3) is 0 Å². The summed E-state index contributed by atoms with van der Waals surface area (Å²) in [4.78, 5) is 14.9. The first-order chi connectivity index (χ1) is 9.52. The van der Waals surface area contributed by atoms with Crippen molar-refractivity contribution in [3.8, 4) is 0 Å². The van der Waals surface area contributed by atoms with Gasteiger partial charge in [-0.15, -0.1) is 0 Å². The Hall–Kier alpha value is -1.09. The third-order valence-corrected chi connectivity index (χ3v) is 4.67. The van der Waals surface area contributed by atoms with Crippen molar-refractivity contribution < 1.29 is 4.79 Å². The number of hydrogen-bond donors (Lipinski definition) is 0. The lowest BCUT2D eigenvalue weighted by atomic mass is 10.0. The zero-order valence-electron chi connectivity index (χ0n) is 13.4. The van der Waals surface area contributed by atoms with Crippen LogP contribution in [-0.2, 0) is 6.54 Å². The summed E-state index contributed by atoms with van der Waals surface area (Å²) in [6, 6.07) is 2.06. The van der Waals surface area contributed by atoms with Crippen LogP contribution >= 0.6 is 0 Å². The van der Waals surface area contributed by atoms with Gasteiger partial charge in [0.25, 0.3) is 0 Å². The molecule has 1 aromatic rings. The molecule has 2 heterocycles. The monoisotopic (exact) mass is 276 g/mol. The van der Waals surface area contributed by atoms with Crippen LogP contribution in [0, 0.1) is 19.8 Å².